The Morgan fingerprint density at radius 1 is 1.00 bits per heavy atom. The normalized spacial score (nSPS) is 10.9. The SMILES string of the molecule is COc1ccc(-c2nc(SCc3csc(-c4ccc(C)cc4)n3)n[nH]2)cc1. The molecule has 0 radical (unpaired) electrons. The Kier molecular flexibility index (Phi) is 5.22. The minimum absolute atomic E-state index is 0.714. The van der Waals surface area contributed by atoms with Crippen LogP contribution in [-0.2, 0) is 5.75 Å². The fourth-order valence-electron chi connectivity index (χ4n) is 2.53. The van der Waals surface area contributed by atoms with Gasteiger partial charge >= 0.3 is 0 Å². The molecule has 27 heavy (non-hydrogen) atoms. The van der Waals surface area contributed by atoms with Crippen LogP contribution in [0.3, 0.4) is 0 Å². The fraction of sp³-hybridized carbons (Fsp3) is 0.150. The largest absolute Gasteiger partial charge is 0.497 e. The van der Waals surface area contributed by atoms with Crippen molar-refractivity contribution in [1.29, 1.82) is 0 Å². The van der Waals surface area contributed by atoms with E-state index in [-0.39, 0.29) is 0 Å². The predicted molar refractivity (Wildman–Crippen MR) is 110 cm³/mol. The zero-order valence-electron chi connectivity index (χ0n) is 15.0. The highest BCUT2D eigenvalue weighted by Crippen LogP contribution is 2.28. The molecule has 2 aromatic heterocycles. The number of H-pyrrole nitrogens is 1. The highest BCUT2D eigenvalue weighted by Gasteiger charge is 2.09. The van der Waals surface area contributed by atoms with Crippen molar-refractivity contribution >= 4 is 23.1 Å². The van der Waals surface area contributed by atoms with Gasteiger partial charge in [0, 0.05) is 22.3 Å². The van der Waals surface area contributed by atoms with Crippen molar-refractivity contribution in [2.24, 2.45) is 0 Å². The van der Waals surface area contributed by atoms with E-state index in [1.54, 1.807) is 30.2 Å². The standard InChI is InChI=1S/C20H18N4OS2/c1-13-3-5-15(6-4-13)19-21-16(11-26-19)12-27-20-22-18(23-24-20)14-7-9-17(25-2)10-8-14/h3-11H,12H2,1-2H3,(H,22,23,24). The van der Waals surface area contributed by atoms with Gasteiger partial charge in [0.1, 0.15) is 10.8 Å². The van der Waals surface area contributed by atoms with Crippen molar-refractivity contribution in [2.75, 3.05) is 7.11 Å². The van der Waals surface area contributed by atoms with Crippen molar-refractivity contribution in [1.82, 2.24) is 20.2 Å². The van der Waals surface area contributed by atoms with Crippen LogP contribution >= 0.6 is 23.1 Å². The van der Waals surface area contributed by atoms with Crippen LogP contribution in [0, 0.1) is 6.92 Å². The quantitative estimate of drug-likeness (QED) is 0.455. The minimum Gasteiger partial charge on any atom is -0.497 e. The lowest BCUT2D eigenvalue weighted by molar-refractivity contribution is 0.415. The lowest BCUT2D eigenvalue weighted by Gasteiger charge is -1.99. The van der Waals surface area contributed by atoms with Gasteiger partial charge in [0.25, 0.3) is 0 Å². The van der Waals surface area contributed by atoms with Crippen LogP contribution in [0.4, 0.5) is 0 Å². The van der Waals surface area contributed by atoms with E-state index in [0.29, 0.717) is 5.16 Å². The molecule has 136 valence electrons. The van der Waals surface area contributed by atoms with E-state index in [1.807, 2.05) is 24.3 Å². The first-order valence-corrected chi connectivity index (χ1v) is 10.3. The predicted octanol–water partition coefficient (Wildman–Crippen LogP) is 5.20. The van der Waals surface area contributed by atoms with Crippen LogP contribution < -0.4 is 4.74 Å². The summed E-state index contributed by atoms with van der Waals surface area (Å²) in [4.78, 5) is 9.28. The Labute approximate surface area is 165 Å². The topological polar surface area (TPSA) is 63.7 Å². The maximum absolute atomic E-state index is 5.18. The number of hydrogen-bond acceptors (Lipinski definition) is 6. The molecule has 0 aliphatic carbocycles. The van der Waals surface area contributed by atoms with Crippen molar-refractivity contribution in [2.45, 2.75) is 17.8 Å². The molecule has 4 aromatic rings. The number of aromatic nitrogens is 4. The number of thioether (sulfide) groups is 1. The molecule has 0 bridgehead atoms. The summed E-state index contributed by atoms with van der Waals surface area (Å²) in [5, 5.41) is 11.1. The van der Waals surface area contributed by atoms with Gasteiger partial charge in [0.15, 0.2) is 5.82 Å². The van der Waals surface area contributed by atoms with Gasteiger partial charge in [-0.2, -0.15) is 0 Å². The van der Waals surface area contributed by atoms with Gasteiger partial charge < -0.3 is 4.74 Å². The van der Waals surface area contributed by atoms with Crippen LogP contribution in [0.1, 0.15) is 11.3 Å². The van der Waals surface area contributed by atoms with Crippen LogP contribution in [0.5, 0.6) is 5.75 Å². The van der Waals surface area contributed by atoms with E-state index in [0.717, 1.165) is 39.2 Å². The third kappa shape index (κ3) is 4.20. The number of nitrogens with zero attached hydrogens (tertiary/aromatic N) is 3. The number of aryl methyl sites for hydroxylation is 1. The van der Waals surface area contributed by atoms with E-state index in [2.05, 4.69) is 51.8 Å². The van der Waals surface area contributed by atoms with Crippen LogP contribution in [-0.4, -0.2) is 27.3 Å². The van der Waals surface area contributed by atoms with E-state index < -0.39 is 0 Å². The molecule has 0 spiro atoms. The van der Waals surface area contributed by atoms with E-state index >= 15 is 0 Å². The first-order chi connectivity index (χ1) is 13.2. The third-order valence-electron chi connectivity index (χ3n) is 4.03. The number of ether oxygens (including phenoxy) is 1. The molecule has 0 unspecified atom stereocenters. The molecule has 0 saturated heterocycles. The van der Waals surface area contributed by atoms with Crippen molar-refractivity contribution < 1.29 is 4.74 Å². The summed E-state index contributed by atoms with van der Waals surface area (Å²) >= 11 is 3.24. The van der Waals surface area contributed by atoms with Gasteiger partial charge in [-0.15, -0.1) is 16.4 Å². The Hall–Kier alpha value is -2.64. The Balaban J connectivity index is 1.40. The van der Waals surface area contributed by atoms with Gasteiger partial charge in [-0.3, -0.25) is 5.10 Å². The summed E-state index contributed by atoms with van der Waals surface area (Å²) in [6, 6.07) is 16.2. The summed E-state index contributed by atoms with van der Waals surface area (Å²) in [6.45, 7) is 2.09. The molecule has 0 atom stereocenters. The van der Waals surface area contributed by atoms with E-state index in [1.165, 1.54) is 5.56 Å². The second-order valence-electron chi connectivity index (χ2n) is 5.99. The highest BCUT2D eigenvalue weighted by atomic mass is 32.2. The van der Waals surface area contributed by atoms with Crippen LogP contribution in [0.2, 0.25) is 0 Å². The van der Waals surface area contributed by atoms with Crippen molar-refractivity contribution in [3.8, 4) is 27.7 Å². The number of benzene rings is 2. The molecule has 2 aromatic carbocycles. The molecular weight excluding hydrogens is 376 g/mol. The highest BCUT2D eigenvalue weighted by molar-refractivity contribution is 7.98. The average Bonchev–Trinajstić information content (AvgIpc) is 3.37. The van der Waals surface area contributed by atoms with Crippen LogP contribution in [0.25, 0.3) is 22.0 Å². The molecule has 0 fully saturated rings. The van der Waals surface area contributed by atoms with E-state index in [4.69, 9.17) is 9.72 Å². The molecule has 0 amide bonds. The Morgan fingerprint density at radius 2 is 1.74 bits per heavy atom. The summed E-state index contributed by atoms with van der Waals surface area (Å²) in [5.41, 5.74) is 4.42. The van der Waals surface area contributed by atoms with E-state index in [9.17, 15) is 0 Å². The second-order valence-corrected chi connectivity index (χ2v) is 7.79. The number of aromatic amines is 1. The van der Waals surface area contributed by atoms with Gasteiger partial charge in [-0.25, -0.2) is 9.97 Å². The third-order valence-corrected chi connectivity index (χ3v) is 5.85. The first kappa shape index (κ1) is 17.8. The number of nitrogens with one attached hydrogen (secondary N) is 1. The molecule has 0 aliphatic heterocycles. The number of methoxy groups -OCH3 is 1. The van der Waals surface area contributed by atoms with Crippen LogP contribution in [0.15, 0.2) is 59.1 Å². The minimum atomic E-state index is 0.714. The van der Waals surface area contributed by atoms with Crippen molar-refractivity contribution in [3.63, 3.8) is 0 Å². The number of thiazole rings is 1. The molecule has 2 heterocycles. The first-order valence-electron chi connectivity index (χ1n) is 8.42. The molecular formula is C20H18N4OS2. The molecule has 5 nitrogen and oxygen atoms in total. The van der Waals surface area contributed by atoms with Crippen molar-refractivity contribution in [3.05, 3.63) is 65.2 Å². The lowest BCUT2D eigenvalue weighted by atomic mass is 10.2. The smallest absolute Gasteiger partial charge is 0.209 e. The zero-order valence-corrected chi connectivity index (χ0v) is 16.6. The lowest BCUT2D eigenvalue weighted by Crippen LogP contribution is -1.84. The molecule has 7 heteroatoms. The number of hydrogen-bond donors (Lipinski definition) is 1. The maximum Gasteiger partial charge on any atom is 0.209 e. The van der Waals surface area contributed by atoms with Gasteiger partial charge in [-0.1, -0.05) is 41.6 Å². The molecule has 0 saturated carbocycles. The fourth-order valence-corrected chi connectivity index (χ4v) is 4.15. The maximum atomic E-state index is 5.18. The summed E-state index contributed by atoms with van der Waals surface area (Å²) in [7, 11) is 1.65. The summed E-state index contributed by atoms with van der Waals surface area (Å²) in [6.07, 6.45) is 0. The van der Waals surface area contributed by atoms with Gasteiger partial charge in [-0.05, 0) is 31.2 Å². The summed E-state index contributed by atoms with van der Waals surface area (Å²) < 4.78 is 5.18. The number of rotatable bonds is 6. The molecule has 4 rings (SSSR count). The van der Waals surface area contributed by atoms with Gasteiger partial charge in [0.2, 0.25) is 5.16 Å². The molecule has 0 aliphatic rings. The van der Waals surface area contributed by atoms with Gasteiger partial charge in [0.05, 0.1) is 12.8 Å². The monoisotopic (exact) mass is 394 g/mol. The average molecular weight is 395 g/mol. The zero-order chi connectivity index (χ0) is 18.6. The molecule has 1 N–H and O–H groups in total. The summed E-state index contributed by atoms with van der Waals surface area (Å²) in [5.74, 6) is 2.31. The Morgan fingerprint density at radius 3 is 2.48 bits per heavy atom. The second kappa shape index (κ2) is 7.94. The Bertz CT molecular complexity index is 1020.